The first-order valence-corrected chi connectivity index (χ1v) is 6.60. The standard InChI is InChI=1S/C13H14BrN3O2/c1-3-19-13(18)11-12(15)17(7-16-11)9-4-5-10(14)8(2)6-9/h4-7H,3,15H2,1-2H3. The molecule has 6 heteroatoms. The Hall–Kier alpha value is -1.82. The second kappa shape index (κ2) is 5.44. The van der Waals surface area contributed by atoms with Gasteiger partial charge in [0.15, 0.2) is 5.69 Å². The molecular weight excluding hydrogens is 310 g/mol. The Bertz CT molecular complexity index is 622. The smallest absolute Gasteiger partial charge is 0.360 e. The summed E-state index contributed by atoms with van der Waals surface area (Å²) in [4.78, 5) is 15.7. The molecule has 5 nitrogen and oxygen atoms in total. The van der Waals surface area contributed by atoms with Crippen LogP contribution in [-0.2, 0) is 4.74 Å². The van der Waals surface area contributed by atoms with Crippen LogP contribution < -0.4 is 5.73 Å². The van der Waals surface area contributed by atoms with Crippen molar-refractivity contribution in [1.82, 2.24) is 9.55 Å². The van der Waals surface area contributed by atoms with Crippen LogP contribution in [0.4, 0.5) is 5.82 Å². The van der Waals surface area contributed by atoms with Gasteiger partial charge in [0.1, 0.15) is 12.1 Å². The number of hydrogen-bond donors (Lipinski definition) is 1. The lowest BCUT2D eigenvalue weighted by atomic mass is 10.2. The summed E-state index contributed by atoms with van der Waals surface area (Å²) in [5.41, 5.74) is 8.00. The molecular formula is C13H14BrN3O2. The van der Waals surface area contributed by atoms with Gasteiger partial charge in [-0.05, 0) is 37.6 Å². The monoisotopic (exact) mass is 323 g/mol. The molecule has 1 aromatic carbocycles. The molecule has 0 aliphatic carbocycles. The molecule has 2 N–H and O–H groups in total. The fourth-order valence-corrected chi connectivity index (χ4v) is 1.95. The lowest BCUT2D eigenvalue weighted by molar-refractivity contribution is 0.0521. The number of benzene rings is 1. The third-order valence-corrected chi connectivity index (χ3v) is 3.58. The quantitative estimate of drug-likeness (QED) is 0.881. The molecule has 0 amide bonds. The predicted octanol–water partition coefficient (Wildman–Crippen LogP) is 2.70. The molecule has 0 fully saturated rings. The summed E-state index contributed by atoms with van der Waals surface area (Å²) in [5, 5.41) is 0. The highest BCUT2D eigenvalue weighted by Gasteiger charge is 2.17. The van der Waals surface area contributed by atoms with Gasteiger partial charge in [0.25, 0.3) is 0 Å². The Balaban J connectivity index is 2.41. The van der Waals surface area contributed by atoms with Gasteiger partial charge in [-0.15, -0.1) is 0 Å². The average molecular weight is 324 g/mol. The molecule has 2 aromatic rings. The van der Waals surface area contributed by atoms with E-state index in [1.54, 1.807) is 11.5 Å². The van der Waals surface area contributed by atoms with Gasteiger partial charge in [-0.3, -0.25) is 4.57 Å². The summed E-state index contributed by atoms with van der Waals surface area (Å²) in [6.45, 7) is 4.01. The van der Waals surface area contributed by atoms with E-state index in [-0.39, 0.29) is 11.5 Å². The molecule has 19 heavy (non-hydrogen) atoms. The van der Waals surface area contributed by atoms with Gasteiger partial charge in [-0.25, -0.2) is 9.78 Å². The predicted molar refractivity (Wildman–Crippen MR) is 76.4 cm³/mol. The normalized spacial score (nSPS) is 10.5. The van der Waals surface area contributed by atoms with Gasteiger partial charge in [-0.1, -0.05) is 15.9 Å². The average Bonchev–Trinajstić information content (AvgIpc) is 2.75. The molecule has 0 saturated carbocycles. The third-order valence-electron chi connectivity index (χ3n) is 2.69. The summed E-state index contributed by atoms with van der Waals surface area (Å²) in [6, 6.07) is 5.77. The van der Waals surface area contributed by atoms with Crippen molar-refractivity contribution in [3.63, 3.8) is 0 Å². The van der Waals surface area contributed by atoms with E-state index in [9.17, 15) is 4.79 Å². The lowest BCUT2D eigenvalue weighted by Gasteiger charge is -2.07. The van der Waals surface area contributed by atoms with Crippen molar-refractivity contribution >= 4 is 27.7 Å². The molecule has 1 aromatic heterocycles. The molecule has 0 aliphatic rings. The lowest BCUT2D eigenvalue weighted by Crippen LogP contribution is -2.09. The fraction of sp³-hybridized carbons (Fsp3) is 0.231. The maximum atomic E-state index is 11.6. The molecule has 0 unspecified atom stereocenters. The largest absolute Gasteiger partial charge is 0.461 e. The van der Waals surface area contributed by atoms with E-state index in [1.165, 1.54) is 6.33 Å². The Morgan fingerprint density at radius 1 is 1.53 bits per heavy atom. The van der Waals surface area contributed by atoms with Gasteiger partial charge in [0, 0.05) is 10.2 Å². The van der Waals surface area contributed by atoms with Crippen molar-refractivity contribution < 1.29 is 9.53 Å². The zero-order valence-electron chi connectivity index (χ0n) is 10.7. The maximum absolute atomic E-state index is 11.6. The van der Waals surface area contributed by atoms with Crippen molar-refractivity contribution in [2.75, 3.05) is 12.3 Å². The van der Waals surface area contributed by atoms with E-state index in [0.717, 1.165) is 15.7 Å². The summed E-state index contributed by atoms with van der Waals surface area (Å²) in [6.07, 6.45) is 1.52. The highest BCUT2D eigenvalue weighted by molar-refractivity contribution is 9.10. The fourth-order valence-electron chi connectivity index (χ4n) is 1.70. The van der Waals surface area contributed by atoms with Crippen molar-refractivity contribution in [2.45, 2.75) is 13.8 Å². The van der Waals surface area contributed by atoms with E-state index in [1.807, 2.05) is 25.1 Å². The van der Waals surface area contributed by atoms with Crippen molar-refractivity contribution in [2.24, 2.45) is 0 Å². The SMILES string of the molecule is CCOC(=O)c1ncn(-c2ccc(Br)c(C)c2)c1N. The Kier molecular flexibility index (Phi) is 3.90. The number of halogens is 1. The Morgan fingerprint density at radius 3 is 2.89 bits per heavy atom. The number of nitrogen functional groups attached to an aromatic ring is 1. The van der Waals surface area contributed by atoms with Gasteiger partial charge < -0.3 is 10.5 Å². The maximum Gasteiger partial charge on any atom is 0.360 e. The van der Waals surface area contributed by atoms with E-state index >= 15 is 0 Å². The van der Waals surface area contributed by atoms with Crippen LogP contribution in [0.1, 0.15) is 23.0 Å². The number of esters is 1. The molecule has 0 atom stereocenters. The van der Waals surface area contributed by atoms with Gasteiger partial charge in [-0.2, -0.15) is 0 Å². The first-order valence-electron chi connectivity index (χ1n) is 5.81. The number of nitrogens with two attached hydrogens (primary N) is 1. The van der Waals surface area contributed by atoms with Crippen LogP contribution in [0.5, 0.6) is 0 Å². The molecule has 0 radical (unpaired) electrons. The summed E-state index contributed by atoms with van der Waals surface area (Å²) < 4.78 is 7.57. The Morgan fingerprint density at radius 2 is 2.26 bits per heavy atom. The molecule has 0 saturated heterocycles. The molecule has 0 spiro atoms. The van der Waals surface area contributed by atoms with E-state index in [0.29, 0.717) is 6.61 Å². The van der Waals surface area contributed by atoms with Crippen molar-refractivity contribution in [3.8, 4) is 5.69 Å². The highest BCUT2D eigenvalue weighted by atomic mass is 79.9. The minimum atomic E-state index is -0.507. The van der Waals surface area contributed by atoms with Crippen molar-refractivity contribution in [3.05, 3.63) is 40.3 Å². The number of hydrogen-bond acceptors (Lipinski definition) is 4. The molecule has 100 valence electrons. The first kappa shape index (κ1) is 13.6. The molecule has 0 aliphatic heterocycles. The van der Waals surface area contributed by atoms with Crippen LogP contribution in [0.15, 0.2) is 29.0 Å². The van der Waals surface area contributed by atoms with Gasteiger partial charge in [0.2, 0.25) is 0 Å². The zero-order chi connectivity index (χ0) is 14.0. The molecule has 2 rings (SSSR count). The summed E-state index contributed by atoms with van der Waals surface area (Å²) >= 11 is 3.44. The minimum absolute atomic E-state index is 0.141. The number of anilines is 1. The molecule has 0 bridgehead atoms. The van der Waals surface area contributed by atoms with Crippen LogP contribution in [0.3, 0.4) is 0 Å². The minimum Gasteiger partial charge on any atom is -0.461 e. The van der Waals surface area contributed by atoms with E-state index in [2.05, 4.69) is 20.9 Å². The highest BCUT2D eigenvalue weighted by Crippen LogP contribution is 2.22. The number of carbonyl (C=O) groups excluding carboxylic acids is 1. The number of rotatable bonds is 3. The summed E-state index contributed by atoms with van der Waals surface area (Å²) in [7, 11) is 0. The van der Waals surface area contributed by atoms with Crippen LogP contribution in [0.2, 0.25) is 0 Å². The van der Waals surface area contributed by atoms with Crippen LogP contribution in [-0.4, -0.2) is 22.1 Å². The van der Waals surface area contributed by atoms with Crippen LogP contribution in [0, 0.1) is 6.92 Å². The zero-order valence-corrected chi connectivity index (χ0v) is 12.3. The number of ether oxygens (including phenoxy) is 1. The van der Waals surface area contributed by atoms with Gasteiger partial charge >= 0.3 is 5.97 Å². The summed E-state index contributed by atoms with van der Waals surface area (Å²) in [5.74, 6) is -0.229. The second-order valence-corrected chi connectivity index (χ2v) is 4.86. The first-order chi connectivity index (χ1) is 9.04. The van der Waals surface area contributed by atoms with Gasteiger partial charge in [0.05, 0.1) is 6.61 Å². The topological polar surface area (TPSA) is 70.1 Å². The van der Waals surface area contributed by atoms with Crippen LogP contribution in [0.25, 0.3) is 5.69 Å². The van der Waals surface area contributed by atoms with Crippen LogP contribution >= 0.6 is 15.9 Å². The molecule has 1 heterocycles. The number of aromatic nitrogens is 2. The third kappa shape index (κ3) is 2.63. The number of imidazole rings is 1. The second-order valence-electron chi connectivity index (χ2n) is 4.00. The van der Waals surface area contributed by atoms with E-state index in [4.69, 9.17) is 10.5 Å². The number of aryl methyl sites for hydroxylation is 1. The van der Waals surface area contributed by atoms with Crippen molar-refractivity contribution in [1.29, 1.82) is 0 Å². The Labute approximate surface area is 119 Å². The number of nitrogens with zero attached hydrogens (tertiary/aromatic N) is 2. The van der Waals surface area contributed by atoms with E-state index < -0.39 is 5.97 Å². The number of carbonyl (C=O) groups is 1.